The number of hydrogen-bond donors (Lipinski definition) is 2. The second-order valence-electron chi connectivity index (χ2n) is 6.77. The number of para-hydroxylation sites is 1. The van der Waals surface area contributed by atoms with E-state index in [0.29, 0.717) is 26.2 Å². The van der Waals surface area contributed by atoms with Crippen LogP contribution in [-0.2, 0) is 9.59 Å². The van der Waals surface area contributed by atoms with E-state index in [4.69, 9.17) is 4.74 Å². The Morgan fingerprint density at radius 3 is 2.04 bits per heavy atom. The number of carbonyl (C=O) groups excluding carboxylic acids is 2. The predicted molar refractivity (Wildman–Crippen MR) is 106 cm³/mol. The zero-order valence-electron chi connectivity index (χ0n) is 16.3. The highest BCUT2D eigenvalue weighted by Gasteiger charge is 2.20. The first-order valence-electron chi connectivity index (χ1n) is 9.83. The van der Waals surface area contributed by atoms with Crippen molar-refractivity contribution in [2.75, 3.05) is 59.0 Å². The van der Waals surface area contributed by atoms with Crippen LogP contribution in [0.4, 0.5) is 0 Å². The number of hydrogen-bond acceptors (Lipinski definition) is 5. The number of piperazine rings is 1. The fourth-order valence-electron chi connectivity index (χ4n) is 2.90. The Morgan fingerprint density at radius 2 is 1.48 bits per heavy atom. The lowest BCUT2D eigenvalue weighted by Gasteiger charge is -2.33. The summed E-state index contributed by atoms with van der Waals surface area (Å²) in [6.07, 6.45) is 2.10. The maximum absolute atomic E-state index is 12.0. The predicted octanol–water partition coefficient (Wildman–Crippen LogP) is 0.716. The molecule has 7 nitrogen and oxygen atoms in total. The normalized spacial score (nSPS) is 15.3. The molecule has 27 heavy (non-hydrogen) atoms. The van der Waals surface area contributed by atoms with Crippen LogP contribution in [0.25, 0.3) is 0 Å². The molecule has 150 valence electrons. The van der Waals surface area contributed by atoms with E-state index in [1.807, 2.05) is 30.3 Å². The van der Waals surface area contributed by atoms with Gasteiger partial charge in [0.25, 0.3) is 0 Å². The summed E-state index contributed by atoms with van der Waals surface area (Å²) in [5.41, 5.74) is 0. The average molecular weight is 377 g/mol. The number of carbonyl (C=O) groups is 2. The van der Waals surface area contributed by atoms with Crippen molar-refractivity contribution in [3.63, 3.8) is 0 Å². The SMILES string of the molecule is CCCCNC(=O)CN1CCN(CC(=O)NCCOc2ccccc2)CC1. The lowest BCUT2D eigenvalue weighted by Crippen LogP contribution is -2.51. The first kappa shape index (κ1) is 21.2. The maximum Gasteiger partial charge on any atom is 0.234 e. The zero-order valence-corrected chi connectivity index (χ0v) is 16.3. The standard InChI is InChI=1S/C20H32N4O3/c1-2-3-9-21-19(25)16-23-11-13-24(14-12-23)17-20(26)22-10-15-27-18-7-5-4-6-8-18/h4-8H,2-3,9-17H2,1H3,(H,21,25)(H,22,26). The second kappa shape index (κ2) is 12.3. The third-order valence-corrected chi connectivity index (χ3v) is 4.49. The van der Waals surface area contributed by atoms with Gasteiger partial charge in [-0.15, -0.1) is 0 Å². The molecule has 7 heteroatoms. The van der Waals surface area contributed by atoms with Gasteiger partial charge in [-0.25, -0.2) is 0 Å². The monoisotopic (exact) mass is 376 g/mol. The molecule has 1 aromatic carbocycles. The Bertz CT molecular complexity index is 560. The summed E-state index contributed by atoms with van der Waals surface area (Å²) >= 11 is 0. The van der Waals surface area contributed by atoms with E-state index in [2.05, 4.69) is 27.4 Å². The van der Waals surface area contributed by atoms with Gasteiger partial charge in [0, 0.05) is 32.7 Å². The number of nitrogens with one attached hydrogen (secondary N) is 2. The summed E-state index contributed by atoms with van der Waals surface area (Å²) in [6, 6.07) is 9.56. The molecule has 2 rings (SSSR count). The Morgan fingerprint density at radius 1 is 0.926 bits per heavy atom. The van der Waals surface area contributed by atoms with Gasteiger partial charge in [0.1, 0.15) is 12.4 Å². The molecule has 0 unspecified atom stereocenters. The van der Waals surface area contributed by atoms with Crippen LogP contribution in [0.2, 0.25) is 0 Å². The molecule has 1 aliphatic heterocycles. The van der Waals surface area contributed by atoms with E-state index in [-0.39, 0.29) is 11.8 Å². The van der Waals surface area contributed by atoms with Gasteiger partial charge in [0.2, 0.25) is 11.8 Å². The number of rotatable bonds is 11. The first-order chi connectivity index (χ1) is 13.2. The quantitative estimate of drug-likeness (QED) is 0.557. The van der Waals surface area contributed by atoms with Crippen molar-refractivity contribution in [3.05, 3.63) is 30.3 Å². The fraction of sp³-hybridized carbons (Fsp3) is 0.600. The van der Waals surface area contributed by atoms with Crippen molar-refractivity contribution >= 4 is 11.8 Å². The molecule has 0 atom stereocenters. The van der Waals surface area contributed by atoms with Crippen LogP contribution >= 0.6 is 0 Å². The van der Waals surface area contributed by atoms with E-state index < -0.39 is 0 Å². The number of ether oxygens (including phenoxy) is 1. The van der Waals surface area contributed by atoms with Crippen molar-refractivity contribution in [1.82, 2.24) is 20.4 Å². The van der Waals surface area contributed by atoms with Gasteiger partial charge in [-0.2, -0.15) is 0 Å². The molecule has 0 bridgehead atoms. The smallest absolute Gasteiger partial charge is 0.234 e. The molecule has 2 amide bonds. The van der Waals surface area contributed by atoms with Gasteiger partial charge in [0.05, 0.1) is 19.6 Å². The van der Waals surface area contributed by atoms with Crippen molar-refractivity contribution in [2.45, 2.75) is 19.8 Å². The lowest BCUT2D eigenvalue weighted by molar-refractivity contribution is -0.125. The average Bonchev–Trinajstić information content (AvgIpc) is 2.68. The molecule has 1 saturated heterocycles. The third kappa shape index (κ3) is 8.88. The molecule has 0 aromatic heterocycles. The van der Waals surface area contributed by atoms with Crippen LogP contribution in [-0.4, -0.2) is 80.6 Å². The summed E-state index contributed by atoms with van der Waals surface area (Å²) in [5, 5.41) is 5.83. The van der Waals surface area contributed by atoms with Crippen molar-refractivity contribution in [2.24, 2.45) is 0 Å². The van der Waals surface area contributed by atoms with Gasteiger partial charge in [0.15, 0.2) is 0 Å². The van der Waals surface area contributed by atoms with E-state index in [9.17, 15) is 9.59 Å². The molecule has 1 heterocycles. The minimum atomic E-state index is 0.0115. The van der Waals surface area contributed by atoms with Crippen LogP contribution in [0.3, 0.4) is 0 Å². The number of benzene rings is 1. The second-order valence-corrected chi connectivity index (χ2v) is 6.77. The van der Waals surface area contributed by atoms with Crippen LogP contribution < -0.4 is 15.4 Å². The number of unbranched alkanes of at least 4 members (excludes halogenated alkanes) is 1. The summed E-state index contributed by atoms with van der Waals surface area (Å²) in [4.78, 5) is 28.2. The van der Waals surface area contributed by atoms with E-state index in [0.717, 1.165) is 51.3 Å². The Labute approximate surface area is 162 Å². The van der Waals surface area contributed by atoms with Crippen LogP contribution in [0.1, 0.15) is 19.8 Å². The van der Waals surface area contributed by atoms with Crippen LogP contribution in [0.15, 0.2) is 30.3 Å². The van der Waals surface area contributed by atoms with Crippen LogP contribution in [0.5, 0.6) is 5.75 Å². The van der Waals surface area contributed by atoms with Crippen molar-refractivity contribution in [1.29, 1.82) is 0 Å². The minimum Gasteiger partial charge on any atom is -0.492 e. The van der Waals surface area contributed by atoms with Gasteiger partial charge < -0.3 is 15.4 Å². The molecular weight excluding hydrogens is 344 g/mol. The molecule has 0 spiro atoms. The molecule has 0 saturated carbocycles. The van der Waals surface area contributed by atoms with Crippen molar-refractivity contribution < 1.29 is 14.3 Å². The van der Waals surface area contributed by atoms with Gasteiger partial charge in [-0.1, -0.05) is 31.5 Å². The Kier molecular flexibility index (Phi) is 9.65. The lowest BCUT2D eigenvalue weighted by atomic mass is 10.3. The highest BCUT2D eigenvalue weighted by atomic mass is 16.5. The Hall–Kier alpha value is -2.12. The van der Waals surface area contributed by atoms with Gasteiger partial charge in [-0.05, 0) is 18.6 Å². The third-order valence-electron chi connectivity index (χ3n) is 4.49. The van der Waals surface area contributed by atoms with Crippen LogP contribution in [0, 0.1) is 0 Å². The van der Waals surface area contributed by atoms with Crippen molar-refractivity contribution in [3.8, 4) is 5.75 Å². The molecular formula is C20H32N4O3. The Balaban J connectivity index is 1.53. The van der Waals surface area contributed by atoms with Gasteiger partial charge >= 0.3 is 0 Å². The van der Waals surface area contributed by atoms with Gasteiger partial charge in [-0.3, -0.25) is 19.4 Å². The highest BCUT2D eigenvalue weighted by Crippen LogP contribution is 2.07. The summed E-state index contributed by atoms with van der Waals surface area (Å²) in [6.45, 7) is 7.87. The summed E-state index contributed by atoms with van der Waals surface area (Å²) in [7, 11) is 0. The molecule has 2 N–H and O–H groups in total. The molecule has 1 aliphatic rings. The van der Waals surface area contributed by atoms with E-state index >= 15 is 0 Å². The highest BCUT2D eigenvalue weighted by molar-refractivity contribution is 5.78. The summed E-state index contributed by atoms with van der Waals surface area (Å²) < 4.78 is 5.56. The minimum absolute atomic E-state index is 0.0115. The molecule has 1 aromatic rings. The topological polar surface area (TPSA) is 73.9 Å². The van der Waals surface area contributed by atoms with E-state index in [1.165, 1.54) is 0 Å². The molecule has 0 radical (unpaired) electrons. The maximum atomic E-state index is 12.0. The zero-order chi connectivity index (χ0) is 19.3. The molecule has 0 aliphatic carbocycles. The molecule has 1 fully saturated rings. The number of nitrogens with zero attached hydrogens (tertiary/aromatic N) is 2. The largest absolute Gasteiger partial charge is 0.492 e. The summed E-state index contributed by atoms with van der Waals surface area (Å²) in [5.74, 6) is 0.909. The van der Waals surface area contributed by atoms with E-state index in [1.54, 1.807) is 0 Å². The number of amides is 2. The fourth-order valence-corrected chi connectivity index (χ4v) is 2.90. The first-order valence-corrected chi connectivity index (χ1v) is 9.83.